The number of allylic oxidation sites excluding steroid dienone is 2. The average molecular weight is 582 g/mol. The van der Waals surface area contributed by atoms with Crippen LogP contribution in [0.3, 0.4) is 0 Å². The number of aliphatic carboxylic acids is 1. The number of nitrogens with zero attached hydrogens (tertiary/aromatic N) is 2. The number of carbonyl (C=O) groups is 2. The molecule has 5 N–H and O–H groups in total. The monoisotopic (exact) mass is 581 g/mol. The first-order valence-corrected chi connectivity index (χ1v) is 15.1. The lowest BCUT2D eigenvalue weighted by Gasteiger charge is -2.28. The number of ketones is 1. The number of carbonyl (C=O) groups excluding carboxylic acids is 1. The molecule has 0 fully saturated rings. The van der Waals surface area contributed by atoms with Crippen molar-refractivity contribution in [2.24, 2.45) is 11.7 Å². The van der Waals surface area contributed by atoms with Crippen molar-refractivity contribution in [3.63, 3.8) is 0 Å². The van der Waals surface area contributed by atoms with Crippen molar-refractivity contribution >= 4 is 45.0 Å². The van der Waals surface area contributed by atoms with Crippen LogP contribution in [0.15, 0.2) is 36.4 Å². The molecule has 2 aliphatic heterocycles. The minimum absolute atomic E-state index is 0.00981. The Morgan fingerprint density at radius 2 is 1.53 bits per heavy atom. The standard InChI is InChI=1S/C35H43N5O3/c1-18(2)34(36)31(41)10-9-25-30-16-29-24(8-11-33(42)43)21(5)28(39-29)15-23-12-19(3)26(37-23)14-22-13-20(4)27(38-22)17-32(40-30)35(25,6)7/h12-18,25,34,37-38H,8-11,36H2,1-7H3,(H,42,43)/t25-,34-/m0/s1. The molecule has 5 heterocycles. The van der Waals surface area contributed by atoms with Crippen molar-refractivity contribution in [2.75, 3.05) is 0 Å². The Kier molecular flexibility index (Phi) is 8.18. The predicted octanol–water partition coefficient (Wildman–Crippen LogP) is 7.12. The van der Waals surface area contributed by atoms with Crippen molar-refractivity contribution in [1.29, 1.82) is 0 Å². The summed E-state index contributed by atoms with van der Waals surface area (Å²) in [5.41, 5.74) is 17.2. The number of aryl methyl sites for hydroxylation is 2. The third-order valence-corrected chi connectivity index (χ3v) is 9.19. The van der Waals surface area contributed by atoms with Gasteiger partial charge in [0.25, 0.3) is 0 Å². The Morgan fingerprint density at radius 1 is 0.907 bits per heavy atom. The molecule has 3 aromatic heterocycles. The lowest BCUT2D eigenvalue weighted by atomic mass is 9.74. The smallest absolute Gasteiger partial charge is 0.303 e. The maximum Gasteiger partial charge on any atom is 0.303 e. The summed E-state index contributed by atoms with van der Waals surface area (Å²) in [7, 11) is 0. The number of aromatic nitrogens is 4. The van der Waals surface area contributed by atoms with Gasteiger partial charge in [-0.1, -0.05) is 27.7 Å². The van der Waals surface area contributed by atoms with Gasteiger partial charge in [0, 0.05) is 57.6 Å². The van der Waals surface area contributed by atoms with Crippen LogP contribution in [0.5, 0.6) is 0 Å². The summed E-state index contributed by atoms with van der Waals surface area (Å²) in [6, 6.07) is 12.0. The average Bonchev–Trinajstić information content (AvgIpc) is 3.60. The van der Waals surface area contributed by atoms with Crippen LogP contribution in [0.2, 0.25) is 0 Å². The molecule has 2 atom stereocenters. The number of aromatic amines is 2. The van der Waals surface area contributed by atoms with Gasteiger partial charge in [-0.15, -0.1) is 0 Å². The van der Waals surface area contributed by atoms with Crippen LogP contribution in [-0.4, -0.2) is 42.8 Å². The molecule has 5 rings (SSSR count). The van der Waals surface area contributed by atoms with Crippen molar-refractivity contribution in [2.45, 2.75) is 91.5 Å². The van der Waals surface area contributed by atoms with Gasteiger partial charge in [-0.2, -0.15) is 0 Å². The molecule has 0 radical (unpaired) electrons. The summed E-state index contributed by atoms with van der Waals surface area (Å²) in [5.74, 6) is -0.767. The highest BCUT2D eigenvalue weighted by Gasteiger charge is 2.40. The summed E-state index contributed by atoms with van der Waals surface area (Å²) < 4.78 is 0. The summed E-state index contributed by atoms with van der Waals surface area (Å²) in [6.45, 7) is 14.5. The normalized spacial score (nSPS) is 17.0. The number of fused-ring (bicyclic) bond motifs is 8. The van der Waals surface area contributed by atoms with Gasteiger partial charge < -0.3 is 20.8 Å². The van der Waals surface area contributed by atoms with Gasteiger partial charge in [-0.3, -0.25) is 14.6 Å². The summed E-state index contributed by atoms with van der Waals surface area (Å²) >= 11 is 0. The van der Waals surface area contributed by atoms with Gasteiger partial charge >= 0.3 is 5.97 Å². The van der Waals surface area contributed by atoms with Crippen LogP contribution >= 0.6 is 0 Å². The van der Waals surface area contributed by atoms with Gasteiger partial charge in [-0.25, -0.2) is 4.98 Å². The van der Waals surface area contributed by atoms with Crippen LogP contribution in [0.1, 0.15) is 100 Å². The quantitative estimate of drug-likeness (QED) is 0.223. The molecule has 226 valence electrons. The number of hydrogen-bond acceptors (Lipinski definition) is 5. The highest BCUT2D eigenvalue weighted by molar-refractivity contribution is 5.93. The highest BCUT2D eigenvalue weighted by atomic mass is 16.4. The first-order valence-electron chi connectivity index (χ1n) is 15.1. The fourth-order valence-electron chi connectivity index (χ4n) is 6.27. The topological polar surface area (TPSA) is 138 Å². The third kappa shape index (κ3) is 6.07. The van der Waals surface area contributed by atoms with Crippen LogP contribution in [-0.2, 0) is 15.0 Å². The number of H-pyrrole nitrogens is 2. The van der Waals surface area contributed by atoms with E-state index in [1.807, 2.05) is 32.9 Å². The molecule has 0 unspecified atom stereocenters. The van der Waals surface area contributed by atoms with Crippen molar-refractivity contribution in [3.8, 4) is 0 Å². The van der Waals surface area contributed by atoms with E-state index in [2.05, 4.69) is 61.9 Å². The third-order valence-electron chi connectivity index (χ3n) is 9.19. The van der Waals surface area contributed by atoms with Crippen LogP contribution in [0, 0.1) is 19.8 Å². The van der Waals surface area contributed by atoms with E-state index in [9.17, 15) is 14.7 Å². The number of carboxylic acid groups (broad SMARTS) is 1. The van der Waals surface area contributed by atoms with Gasteiger partial charge in [-0.05, 0) is 98.2 Å². The molecule has 3 aromatic rings. The zero-order chi connectivity index (χ0) is 31.2. The Labute approximate surface area is 252 Å². The second-order valence-corrected chi connectivity index (χ2v) is 13.1. The maximum atomic E-state index is 13.0. The van der Waals surface area contributed by atoms with Gasteiger partial charge in [0.1, 0.15) is 5.78 Å². The Hall–Kier alpha value is -4.04. The van der Waals surface area contributed by atoms with E-state index in [1.165, 1.54) is 0 Å². The summed E-state index contributed by atoms with van der Waals surface area (Å²) in [4.78, 5) is 41.9. The molecule has 0 aromatic carbocycles. The number of rotatable bonds is 8. The van der Waals surface area contributed by atoms with E-state index in [0.717, 1.165) is 67.1 Å². The lowest BCUT2D eigenvalue weighted by molar-refractivity contribution is -0.136. The number of Topliss-reactive ketones (excluding diaryl/α,β-unsaturated/α-hetero) is 1. The minimum Gasteiger partial charge on any atom is -0.481 e. The molecule has 43 heavy (non-hydrogen) atoms. The SMILES string of the molecule is CC1=C(CCC(=O)O)c2cc3nc(cc4[nH]c(cc4C)cc4[nH]c(cc1n2)cc4C)C(C)(C)[C@H]3CCC(=O)[C@@H](N)C(C)C. The van der Waals surface area contributed by atoms with Gasteiger partial charge in [0.15, 0.2) is 0 Å². The molecule has 0 saturated carbocycles. The number of nitrogens with two attached hydrogens (primary N) is 1. The van der Waals surface area contributed by atoms with E-state index in [0.29, 0.717) is 19.3 Å². The molecule has 0 saturated heterocycles. The highest BCUT2D eigenvalue weighted by Crippen LogP contribution is 2.45. The largest absolute Gasteiger partial charge is 0.481 e. The molecular formula is C35H43N5O3. The molecule has 2 aliphatic rings. The fourth-order valence-corrected chi connectivity index (χ4v) is 6.27. The molecular weight excluding hydrogens is 538 g/mol. The molecule has 8 heteroatoms. The lowest BCUT2D eigenvalue weighted by Crippen LogP contribution is -2.36. The van der Waals surface area contributed by atoms with Crippen LogP contribution in [0.4, 0.5) is 0 Å². The summed E-state index contributed by atoms with van der Waals surface area (Å²) in [5, 5.41) is 9.50. The molecule has 8 nitrogen and oxygen atoms in total. The van der Waals surface area contributed by atoms with E-state index in [4.69, 9.17) is 15.7 Å². The Bertz CT molecular complexity index is 1790. The summed E-state index contributed by atoms with van der Waals surface area (Å²) in [6.07, 6.45) is 1.35. The van der Waals surface area contributed by atoms with Crippen LogP contribution < -0.4 is 5.73 Å². The second kappa shape index (κ2) is 11.6. The second-order valence-electron chi connectivity index (χ2n) is 13.1. The van der Waals surface area contributed by atoms with E-state index in [-0.39, 0.29) is 29.5 Å². The molecule has 8 bridgehead atoms. The van der Waals surface area contributed by atoms with E-state index < -0.39 is 12.0 Å². The number of carboxylic acids is 1. The van der Waals surface area contributed by atoms with Crippen molar-refractivity contribution in [3.05, 3.63) is 70.3 Å². The van der Waals surface area contributed by atoms with Gasteiger partial charge in [0.2, 0.25) is 0 Å². The number of hydrogen-bond donors (Lipinski definition) is 4. The first kappa shape index (κ1) is 30.4. The fraction of sp³-hybridized carbons (Fsp3) is 0.429. The zero-order valence-electron chi connectivity index (χ0n) is 26.3. The Morgan fingerprint density at radius 3 is 2.16 bits per heavy atom. The first-order chi connectivity index (χ1) is 20.2. The molecule has 0 amide bonds. The minimum atomic E-state index is -0.849. The number of nitrogens with one attached hydrogen (secondary N) is 2. The molecule has 0 aliphatic carbocycles. The zero-order valence-corrected chi connectivity index (χ0v) is 26.3. The van der Waals surface area contributed by atoms with E-state index >= 15 is 0 Å². The molecule has 0 spiro atoms. The van der Waals surface area contributed by atoms with Crippen LogP contribution in [0.25, 0.3) is 33.2 Å². The van der Waals surface area contributed by atoms with E-state index in [1.54, 1.807) is 0 Å². The predicted molar refractivity (Wildman–Crippen MR) is 173 cm³/mol. The Balaban J connectivity index is 1.77. The van der Waals surface area contributed by atoms with Crippen molar-refractivity contribution < 1.29 is 14.7 Å². The van der Waals surface area contributed by atoms with Crippen molar-refractivity contribution in [1.82, 2.24) is 19.9 Å². The maximum absolute atomic E-state index is 13.0. The van der Waals surface area contributed by atoms with Gasteiger partial charge in [0.05, 0.1) is 17.4 Å².